The average molecular weight is 402 g/mol. The Hall–Kier alpha value is -1.31. The molecule has 0 saturated carbocycles. The van der Waals surface area contributed by atoms with Crippen molar-refractivity contribution in [3.8, 4) is 0 Å². The first-order valence-corrected chi connectivity index (χ1v) is 10.7. The lowest BCUT2D eigenvalue weighted by Crippen LogP contribution is -2.43. The van der Waals surface area contributed by atoms with E-state index in [4.69, 9.17) is 0 Å². The van der Waals surface area contributed by atoms with Crippen molar-refractivity contribution in [2.45, 2.75) is 32.6 Å². The number of anilines is 1. The SMILES string of the molecule is CC1(CNC(=O)c2ccc3c(c2)CCCN3S(C)(=O)=O)CCNCC1.Cl. The lowest BCUT2D eigenvalue weighted by Gasteiger charge is -2.34. The Balaban J connectivity index is 0.00000243. The van der Waals surface area contributed by atoms with Gasteiger partial charge in [-0.1, -0.05) is 6.92 Å². The lowest BCUT2D eigenvalue weighted by atomic mass is 9.81. The van der Waals surface area contributed by atoms with Crippen LogP contribution >= 0.6 is 12.4 Å². The molecule has 2 heterocycles. The number of sulfonamides is 1. The van der Waals surface area contributed by atoms with E-state index in [-0.39, 0.29) is 23.7 Å². The van der Waals surface area contributed by atoms with Gasteiger partial charge >= 0.3 is 0 Å². The van der Waals surface area contributed by atoms with Crippen molar-refractivity contribution in [3.63, 3.8) is 0 Å². The number of carbonyl (C=O) groups is 1. The largest absolute Gasteiger partial charge is 0.351 e. The van der Waals surface area contributed by atoms with Gasteiger partial charge in [-0.15, -0.1) is 12.4 Å². The first kappa shape index (κ1) is 21.0. The third kappa shape index (κ3) is 4.69. The van der Waals surface area contributed by atoms with Gasteiger partial charge in [0.05, 0.1) is 11.9 Å². The number of nitrogens with zero attached hydrogens (tertiary/aromatic N) is 1. The van der Waals surface area contributed by atoms with Gasteiger partial charge in [-0.2, -0.15) is 0 Å². The molecule has 1 amide bonds. The highest BCUT2D eigenvalue weighted by atomic mass is 35.5. The van der Waals surface area contributed by atoms with Crippen LogP contribution in [0.1, 0.15) is 42.1 Å². The molecule has 2 aliphatic rings. The van der Waals surface area contributed by atoms with E-state index in [2.05, 4.69) is 17.6 Å². The fraction of sp³-hybridized carbons (Fsp3) is 0.611. The summed E-state index contributed by atoms with van der Waals surface area (Å²) in [5.74, 6) is -0.0842. The summed E-state index contributed by atoms with van der Waals surface area (Å²) in [6.45, 7) is 5.37. The molecule has 0 aromatic heterocycles. The van der Waals surface area contributed by atoms with E-state index >= 15 is 0 Å². The van der Waals surface area contributed by atoms with Crippen molar-refractivity contribution >= 4 is 34.0 Å². The second-order valence-electron chi connectivity index (χ2n) is 7.53. The molecule has 26 heavy (non-hydrogen) atoms. The highest BCUT2D eigenvalue weighted by Gasteiger charge is 2.28. The van der Waals surface area contributed by atoms with Crippen LogP contribution in [0, 0.1) is 5.41 Å². The summed E-state index contributed by atoms with van der Waals surface area (Å²) >= 11 is 0. The van der Waals surface area contributed by atoms with Gasteiger partial charge in [-0.05, 0) is 68.0 Å². The van der Waals surface area contributed by atoms with Crippen LogP contribution in [0.4, 0.5) is 5.69 Å². The van der Waals surface area contributed by atoms with Gasteiger partial charge in [0.2, 0.25) is 10.0 Å². The predicted octanol–water partition coefficient (Wildman–Crippen LogP) is 1.94. The van der Waals surface area contributed by atoms with E-state index in [9.17, 15) is 13.2 Å². The number of hydrogen-bond acceptors (Lipinski definition) is 4. The molecule has 1 aromatic carbocycles. The number of amides is 1. The Morgan fingerprint density at radius 1 is 1.31 bits per heavy atom. The first-order chi connectivity index (χ1) is 11.8. The average Bonchev–Trinajstić information content (AvgIpc) is 2.58. The number of aryl methyl sites for hydroxylation is 1. The molecule has 1 saturated heterocycles. The zero-order chi connectivity index (χ0) is 18.1. The number of rotatable bonds is 4. The number of benzene rings is 1. The van der Waals surface area contributed by atoms with E-state index in [0.29, 0.717) is 24.3 Å². The summed E-state index contributed by atoms with van der Waals surface area (Å²) in [4.78, 5) is 12.5. The van der Waals surface area contributed by atoms with E-state index in [1.165, 1.54) is 10.6 Å². The van der Waals surface area contributed by atoms with Crippen molar-refractivity contribution in [2.24, 2.45) is 5.41 Å². The van der Waals surface area contributed by atoms with Gasteiger partial charge in [-0.25, -0.2) is 8.42 Å². The summed E-state index contributed by atoms with van der Waals surface area (Å²) in [7, 11) is -3.28. The normalized spacial score (nSPS) is 19.2. The van der Waals surface area contributed by atoms with E-state index in [0.717, 1.165) is 44.3 Å². The minimum Gasteiger partial charge on any atom is -0.351 e. The Morgan fingerprint density at radius 2 is 2.00 bits per heavy atom. The predicted molar refractivity (Wildman–Crippen MR) is 107 cm³/mol. The Bertz CT molecular complexity index is 761. The zero-order valence-corrected chi connectivity index (χ0v) is 17.0. The third-order valence-corrected chi connectivity index (χ3v) is 6.48. The van der Waals surface area contributed by atoms with Crippen molar-refractivity contribution < 1.29 is 13.2 Å². The van der Waals surface area contributed by atoms with Gasteiger partial charge in [0.1, 0.15) is 0 Å². The fourth-order valence-corrected chi connectivity index (χ4v) is 4.65. The molecule has 146 valence electrons. The Kier molecular flexibility index (Phi) is 6.58. The number of carbonyl (C=O) groups excluding carboxylic acids is 1. The highest BCUT2D eigenvalue weighted by molar-refractivity contribution is 7.92. The molecule has 0 bridgehead atoms. The third-order valence-electron chi connectivity index (χ3n) is 5.30. The van der Waals surface area contributed by atoms with Crippen molar-refractivity contribution in [3.05, 3.63) is 29.3 Å². The maximum atomic E-state index is 12.5. The van der Waals surface area contributed by atoms with Crippen LogP contribution in [0.3, 0.4) is 0 Å². The fourth-order valence-electron chi connectivity index (χ4n) is 3.65. The Labute approximate surface area is 162 Å². The minimum atomic E-state index is -3.28. The van der Waals surface area contributed by atoms with Crippen LogP contribution < -0.4 is 14.9 Å². The van der Waals surface area contributed by atoms with E-state index in [1.54, 1.807) is 12.1 Å². The molecule has 0 atom stereocenters. The van der Waals surface area contributed by atoms with Crippen molar-refractivity contribution in [1.29, 1.82) is 0 Å². The first-order valence-electron chi connectivity index (χ1n) is 8.88. The molecule has 0 unspecified atom stereocenters. The molecule has 1 aromatic rings. The quantitative estimate of drug-likeness (QED) is 0.808. The number of fused-ring (bicyclic) bond motifs is 1. The summed E-state index contributed by atoms with van der Waals surface area (Å²) in [6, 6.07) is 5.33. The molecule has 0 spiro atoms. The zero-order valence-electron chi connectivity index (χ0n) is 15.4. The maximum Gasteiger partial charge on any atom is 0.251 e. The second-order valence-corrected chi connectivity index (χ2v) is 9.43. The molecule has 8 heteroatoms. The molecule has 6 nitrogen and oxygen atoms in total. The topological polar surface area (TPSA) is 78.5 Å². The monoisotopic (exact) mass is 401 g/mol. The molecule has 0 aliphatic carbocycles. The van der Waals surface area contributed by atoms with E-state index < -0.39 is 10.0 Å². The number of halogens is 1. The van der Waals surface area contributed by atoms with Gasteiger partial charge in [0.15, 0.2) is 0 Å². The smallest absolute Gasteiger partial charge is 0.251 e. The van der Waals surface area contributed by atoms with Gasteiger partial charge < -0.3 is 10.6 Å². The van der Waals surface area contributed by atoms with Gasteiger partial charge in [0, 0.05) is 18.7 Å². The molecular formula is C18H28ClN3O3S. The van der Waals surface area contributed by atoms with Crippen LogP contribution in [-0.4, -0.2) is 46.8 Å². The molecule has 2 aliphatic heterocycles. The molecule has 3 rings (SSSR count). The molecular weight excluding hydrogens is 374 g/mol. The van der Waals surface area contributed by atoms with Crippen LogP contribution in [0.15, 0.2) is 18.2 Å². The Morgan fingerprint density at radius 3 is 2.65 bits per heavy atom. The van der Waals surface area contributed by atoms with Crippen LogP contribution in [0.25, 0.3) is 0 Å². The number of nitrogens with one attached hydrogen (secondary N) is 2. The minimum absolute atomic E-state index is 0. The number of hydrogen-bond donors (Lipinski definition) is 2. The van der Waals surface area contributed by atoms with Gasteiger partial charge in [-0.3, -0.25) is 9.10 Å². The van der Waals surface area contributed by atoms with Crippen molar-refractivity contribution in [1.82, 2.24) is 10.6 Å². The van der Waals surface area contributed by atoms with E-state index in [1.807, 2.05) is 6.07 Å². The molecule has 0 radical (unpaired) electrons. The lowest BCUT2D eigenvalue weighted by molar-refractivity contribution is 0.0922. The second kappa shape index (κ2) is 8.15. The summed E-state index contributed by atoms with van der Waals surface area (Å²) in [5.41, 5.74) is 2.38. The van der Waals surface area contributed by atoms with Crippen LogP contribution in [0.2, 0.25) is 0 Å². The van der Waals surface area contributed by atoms with Gasteiger partial charge in [0.25, 0.3) is 5.91 Å². The standard InChI is InChI=1S/C18H27N3O3S.ClH/c1-18(7-9-19-10-8-18)13-20-17(22)15-5-6-16-14(12-15)4-3-11-21(16)25(2,23)24;/h5-6,12,19H,3-4,7-11,13H2,1-2H3,(H,20,22);1H. The maximum absolute atomic E-state index is 12.5. The molecule has 1 fully saturated rings. The summed E-state index contributed by atoms with van der Waals surface area (Å²) in [6.07, 6.45) is 4.91. The van der Waals surface area contributed by atoms with Crippen molar-refractivity contribution in [2.75, 3.05) is 36.7 Å². The number of piperidine rings is 1. The van der Waals surface area contributed by atoms with Crippen LogP contribution in [-0.2, 0) is 16.4 Å². The highest BCUT2D eigenvalue weighted by Crippen LogP contribution is 2.30. The summed E-state index contributed by atoms with van der Waals surface area (Å²) < 4.78 is 25.3. The summed E-state index contributed by atoms with van der Waals surface area (Å²) in [5, 5.41) is 6.40. The molecule has 2 N–H and O–H groups in total. The van der Waals surface area contributed by atoms with Crippen LogP contribution in [0.5, 0.6) is 0 Å².